The second-order valence-corrected chi connectivity index (χ2v) is 8.26. The van der Waals surface area contributed by atoms with Crippen molar-refractivity contribution in [2.45, 2.75) is 32.0 Å². The first-order valence-corrected chi connectivity index (χ1v) is 10.7. The minimum atomic E-state index is -4.98. The molecule has 0 bridgehead atoms. The Morgan fingerprint density at radius 1 is 0.789 bits per heavy atom. The lowest BCUT2D eigenvalue weighted by Crippen LogP contribution is -2.18. The van der Waals surface area contributed by atoms with E-state index >= 15 is 0 Å². The van der Waals surface area contributed by atoms with Crippen LogP contribution < -0.4 is 10.1 Å². The quantitative estimate of drug-likeness (QED) is 0.317. The van der Waals surface area contributed by atoms with E-state index in [0.29, 0.717) is 5.56 Å². The highest BCUT2D eigenvalue weighted by atomic mass is 19.4. The first-order chi connectivity index (χ1) is 17.7. The van der Waals surface area contributed by atoms with Crippen molar-refractivity contribution < 1.29 is 36.2 Å². The molecule has 0 radical (unpaired) electrons. The Labute approximate surface area is 210 Å². The fourth-order valence-electron chi connectivity index (χ4n) is 3.10. The first kappa shape index (κ1) is 26.7. The number of halogens is 6. The number of rotatable bonds is 6. The van der Waals surface area contributed by atoms with Crippen LogP contribution in [-0.2, 0) is 11.8 Å². The van der Waals surface area contributed by atoms with Crippen molar-refractivity contribution in [1.29, 1.82) is 0 Å². The molecule has 0 saturated carbocycles. The zero-order valence-corrected chi connectivity index (χ0v) is 19.5. The summed E-state index contributed by atoms with van der Waals surface area (Å²) >= 11 is 0. The summed E-state index contributed by atoms with van der Waals surface area (Å²) < 4.78 is 81.3. The number of hydrogen-bond donors (Lipinski definition) is 2. The van der Waals surface area contributed by atoms with Crippen molar-refractivity contribution in [3.8, 4) is 28.9 Å². The van der Waals surface area contributed by atoms with E-state index in [2.05, 4.69) is 40.0 Å². The summed E-state index contributed by atoms with van der Waals surface area (Å²) in [6, 6.07) is 8.40. The zero-order valence-electron chi connectivity index (χ0n) is 19.5. The lowest BCUT2D eigenvalue weighted by molar-refractivity contribution is -0.276. The largest absolute Gasteiger partial charge is 0.574 e. The molecule has 0 aliphatic heterocycles. The van der Waals surface area contributed by atoms with Gasteiger partial charge in [-0.1, -0.05) is 6.07 Å². The van der Waals surface area contributed by atoms with Gasteiger partial charge in [0.15, 0.2) is 11.6 Å². The molecule has 15 heteroatoms. The van der Waals surface area contributed by atoms with Gasteiger partial charge in [-0.3, -0.25) is 4.98 Å². The predicted octanol–water partition coefficient (Wildman–Crippen LogP) is 5.28. The maximum absolute atomic E-state index is 13.2. The number of pyridine rings is 3. The van der Waals surface area contributed by atoms with Crippen molar-refractivity contribution in [3.05, 3.63) is 66.1 Å². The van der Waals surface area contributed by atoms with Gasteiger partial charge in [0.25, 0.3) is 0 Å². The third kappa shape index (κ3) is 6.67. The topological polar surface area (TPSA) is 119 Å². The van der Waals surface area contributed by atoms with E-state index in [1.54, 1.807) is 6.07 Å². The fourth-order valence-corrected chi connectivity index (χ4v) is 3.10. The molecule has 0 aliphatic carbocycles. The zero-order chi connectivity index (χ0) is 27.7. The molecule has 4 rings (SSSR count). The molecule has 4 aromatic heterocycles. The summed E-state index contributed by atoms with van der Waals surface area (Å²) in [5.74, 6) is -1.40. The normalized spacial score (nSPS) is 12.3. The number of hydrogen-bond acceptors (Lipinski definition) is 9. The molecule has 0 fully saturated rings. The molecule has 0 aliphatic rings. The van der Waals surface area contributed by atoms with E-state index in [-0.39, 0.29) is 34.7 Å². The van der Waals surface area contributed by atoms with E-state index in [1.807, 2.05) is 0 Å². The number of aliphatic hydroxyl groups is 1. The standard InChI is InChI=1S/C23H17F6N7O2/c1-21(2,37)12-6-8-30-15(10-12)19-34-18(14-4-3-5-16(33-14)22(24,25)26)35-20(36-19)32-13-7-9-31-17(11-13)38-23(27,28)29/h3-11,37H,1-2H3,(H,31,32,34,35,36). The van der Waals surface area contributed by atoms with Gasteiger partial charge < -0.3 is 15.2 Å². The molecule has 9 nitrogen and oxygen atoms in total. The number of anilines is 2. The van der Waals surface area contributed by atoms with Crippen LogP contribution in [-0.4, -0.2) is 41.4 Å². The molecule has 4 aromatic rings. The van der Waals surface area contributed by atoms with Crippen molar-refractivity contribution in [1.82, 2.24) is 29.9 Å². The SMILES string of the molecule is CC(C)(O)c1ccnc(-c2nc(Nc3ccnc(OC(F)(F)F)c3)nc(-c3cccc(C(F)(F)F)n3)n2)c1. The monoisotopic (exact) mass is 537 g/mol. The van der Waals surface area contributed by atoms with Crippen LogP contribution in [0.4, 0.5) is 38.0 Å². The number of nitrogens with zero attached hydrogens (tertiary/aromatic N) is 6. The van der Waals surface area contributed by atoms with Crippen molar-refractivity contribution in [2.24, 2.45) is 0 Å². The molecule has 0 unspecified atom stereocenters. The second kappa shape index (κ2) is 9.81. The average Bonchev–Trinajstić information content (AvgIpc) is 2.82. The Kier molecular flexibility index (Phi) is 6.88. The van der Waals surface area contributed by atoms with Crippen LogP contribution in [0, 0.1) is 0 Å². The van der Waals surface area contributed by atoms with Crippen molar-refractivity contribution in [2.75, 3.05) is 5.32 Å². The maximum atomic E-state index is 13.2. The van der Waals surface area contributed by atoms with Gasteiger partial charge >= 0.3 is 12.5 Å². The van der Waals surface area contributed by atoms with Crippen LogP contribution in [0.15, 0.2) is 54.9 Å². The number of ether oxygens (including phenoxy) is 1. The molecule has 38 heavy (non-hydrogen) atoms. The highest BCUT2D eigenvalue weighted by Gasteiger charge is 2.33. The molecule has 198 valence electrons. The van der Waals surface area contributed by atoms with Gasteiger partial charge in [-0.05, 0) is 49.7 Å². The first-order valence-electron chi connectivity index (χ1n) is 10.7. The van der Waals surface area contributed by atoms with Gasteiger partial charge in [-0.15, -0.1) is 13.2 Å². The summed E-state index contributed by atoms with van der Waals surface area (Å²) in [4.78, 5) is 23.8. The lowest BCUT2D eigenvalue weighted by Gasteiger charge is -2.18. The van der Waals surface area contributed by atoms with Gasteiger partial charge in [-0.2, -0.15) is 23.1 Å². The molecule has 0 amide bonds. The van der Waals surface area contributed by atoms with Crippen LogP contribution in [0.5, 0.6) is 5.88 Å². The maximum Gasteiger partial charge on any atom is 0.574 e. The molecule has 0 saturated heterocycles. The van der Waals surface area contributed by atoms with E-state index in [0.717, 1.165) is 24.4 Å². The molecule has 0 atom stereocenters. The van der Waals surface area contributed by atoms with Gasteiger partial charge in [0, 0.05) is 24.1 Å². The van der Waals surface area contributed by atoms with Gasteiger partial charge in [0.1, 0.15) is 17.1 Å². The van der Waals surface area contributed by atoms with Crippen LogP contribution in [0.25, 0.3) is 23.0 Å². The molecule has 0 aromatic carbocycles. The molecule has 2 N–H and O–H groups in total. The van der Waals surface area contributed by atoms with Gasteiger partial charge in [0.2, 0.25) is 11.8 Å². The Morgan fingerprint density at radius 2 is 1.47 bits per heavy atom. The van der Waals surface area contributed by atoms with E-state index in [4.69, 9.17) is 0 Å². The van der Waals surface area contributed by atoms with Crippen molar-refractivity contribution in [3.63, 3.8) is 0 Å². The summed E-state index contributed by atoms with van der Waals surface area (Å²) in [7, 11) is 0. The number of alkyl halides is 6. The third-order valence-electron chi connectivity index (χ3n) is 4.81. The van der Waals surface area contributed by atoms with E-state index < -0.39 is 29.7 Å². The summed E-state index contributed by atoms with van der Waals surface area (Å²) in [5.41, 5.74) is -2.09. The number of nitrogens with one attached hydrogen (secondary N) is 1. The van der Waals surface area contributed by atoms with Crippen LogP contribution in [0.2, 0.25) is 0 Å². The molecular weight excluding hydrogens is 520 g/mol. The minimum absolute atomic E-state index is 0.0255. The number of aromatic nitrogens is 6. The van der Waals surface area contributed by atoms with Gasteiger partial charge in [0.05, 0.1) is 5.60 Å². The molecule has 0 spiro atoms. The van der Waals surface area contributed by atoms with Crippen LogP contribution in [0.1, 0.15) is 25.1 Å². The van der Waals surface area contributed by atoms with Crippen LogP contribution in [0.3, 0.4) is 0 Å². The lowest BCUT2D eigenvalue weighted by atomic mass is 9.99. The Balaban J connectivity index is 1.81. The molecular formula is C23H17F6N7O2. The minimum Gasteiger partial charge on any atom is -0.388 e. The Hall–Kier alpha value is -4.40. The predicted molar refractivity (Wildman–Crippen MR) is 121 cm³/mol. The van der Waals surface area contributed by atoms with E-state index in [9.17, 15) is 31.4 Å². The Bertz CT molecular complexity index is 1380. The second-order valence-electron chi connectivity index (χ2n) is 8.26. The van der Waals surface area contributed by atoms with Crippen molar-refractivity contribution >= 4 is 11.6 Å². The average molecular weight is 537 g/mol. The van der Waals surface area contributed by atoms with Gasteiger partial charge in [-0.25, -0.2) is 15.0 Å². The Morgan fingerprint density at radius 3 is 2.13 bits per heavy atom. The highest BCUT2D eigenvalue weighted by molar-refractivity contribution is 5.62. The third-order valence-corrected chi connectivity index (χ3v) is 4.81. The summed E-state index contributed by atoms with van der Waals surface area (Å²) in [6.07, 6.45) is -7.30. The highest BCUT2D eigenvalue weighted by Crippen LogP contribution is 2.30. The van der Waals surface area contributed by atoms with E-state index in [1.165, 1.54) is 38.2 Å². The fraction of sp³-hybridized carbons (Fsp3) is 0.217. The van der Waals surface area contributed by atoms with Crippen LogP contribution >= 0.6 is 0 Å². The summed E-state index contributed by atoms with van der Waals surface area (Å²) in [5, 5.41) is 13.0. The summed E-state index contributed by atoms with van der Waals surface area (Å²) in [6.45, 7) is 3.07. The smallest absolute Gasteiger partial charge is 0.388 e. The molecule has 4 heterocycles.